The quantitative estimate of drug-likeness (QED) is 0.841. The number of hydrogen-bond acceptors (Lipinski definition) is 4. The van der Waals surface area contributed by atoms with Crippen molar-refractivity contribution in [2.75, 3.05) is 18.0 Å². The molecular weight excluding hydrogens is 281 g/mol. The minimum atomic E-state index is -4.23. The van der Waals surface area contributed by atoms with Crippen LogP contribution in [0.4, 0.5) is 19.1 Å². The van der Waals surface area contributed by atoms with Gasteiger partial charge in [0.25, 0.3) is 0 Å². The summed E-state index contributed by atoms with van der Waals surface area (Å²) in [5.74, 6) is 0.713. The first-order valence-corrected chi connectivity index (χ1v) is 7.20. The summed E-state index contributed by atoms with van der Waals surface area (Å²) >= 11 is 0. The maximum Gasteiger partial charge on any atom is 0.406 e. The lowest BCUT2D eigenvalue weighted by Gasteiger charge is -2.23. The van der Waals surface area contributed by atoms with E-state index in [2.05, 4.69) is 29.1 Å². The van der Waals surface area contributed by atoms with Gasteiger partial charge in [0.05, 0.1) is 0 Å². The molecule has 0 amide bonds. The lowest BCUT2D eigenvalue weighted by atomic mass is 10.2. The summed E-state index contributed by atoms with van der Waals surface area (Å²) in [4.78, 5) is 9.45. The molecular formula is C14H21F3N4. The van der Waals surface area contributed by atoms with Gasteiger partial charge in [-0.1, -0.05) is 13.8 Å². The standard InChI is InChI=1S/C14H21F3N4/c1-10(2)5-18-6-11-7-19-13(20-8-11)21(12-3-4-12)9-14(15,16)17/h7-8,10,12,18H,3-6,9H2,1-2H3. The summed E-state index contributed by atoms with van der Waals surface area (Å²) < 4.78 is 37.8. The van der Waals surface area contributed by atoms with Crippen molar-refractivity contribution in [1.29, 1.82) is 0 Å². The molecule has 1 N–H and O–H groups in total. The maximum atomic E-state index is 12.6. The summed E-state index contributed by atoms with van der Waals surface area (Å²) in [5.41, 5.74) is 0.877. The minimum Gasteiger partial charge on any atom is -0.329 e. The highest BCUT2D eigenvalue weighted by molar-refractivity contribution is 5.34. The molecule has 21 heavy (non-hydrogen) atoms. The Kier molecular flexibility index (Phi) is 5.03. The summed E-state index contributed by atoms with van der Waals surface area (Å²) in [7, 11) is 0. The van der Waals surface area contributed by atoms with Crippen LogP contribution in [0.25, 0.3) is 0 Å². The first-order valence-electron chi connectivity index (χ1n) is 7.20. The van der Waals surface area contributed by atoms with Crippen molar-refractivity contribution in [3.05, 3.63) is 18.0 Å². The Morgan fingerprint density at radius 1 is 1.29 bits per heavy atom. The number of nitrogens with one attached hydrogen (secondary N) is 1. The normalized spacial score (nSPS) is 15.5. The summed E-state index contributed by atoms with van der Waals surface area (Å²) in [5, 5.41) is 3.25. The number of alkyl halides is 3. The van der Waals surface area contributed by atoms with Crippen LogP contribution in [0.5, 0.6) is 0 Å². The second-order valence-electron chi connectivity index (χ2n) is 5.89. The molecule has 0 unspecified atom stereocenters. The van der Waals surface area contributed by atoms with Crippen molar-refractivity contribution in [3.8, 4) is 0 Å². The van der Waals surface area contributed by atoms with E-state index in [1.54, 1.807) is 12.4 Å². The van der Waals surface area contributed by atoms with E-state index in [1.807, 2.05) is 0 Å². The van der Waals surface area contributed by atoms with Crippen LogP contribution in [0.2, 0.25) is 0 Å². The molecule has 1 aromatic heterocycles. The molecule has 0 radical (unpaired) electrons. The van der Waals surface area contributed by atoms with Gasteiger partial charge in [0.15, 0.2) is 0 Å². The van der Waals surface area contributed by atoms with Gasteiger partial charge >= 0.3 is 6.18 Å². The third-order valence-electron chi connectivity index (χ3n) is 3.17. The number of rotatable bonds is 7. The predicted molar refractivity (Wildman–Crippen MR) is 75.0 cm³/mol. The lowest BCUT2D eigenvalue weighted by Crippen LogP contribution is -2.37. The first-order chi connectivity index (χ1) is 9.85. The van der Waals surface area contributed by atoms with Gasteiger partial charge in [0, 0.05) is 30.5 Å². The van der Waals surface area contributed by atoms with Crippen LogP contribution in [0.15, 0.2) is 12.4 Å². The fraction of sp³-hybridized carbons (Fsp3) is 0.714. The van der Waals surface area contributed by atoms with Crippen LogP contribution >= 0.6 is 0 Å². The summed E-state index contributed by atoms with van der Waals surface area (Å²) in [6.45, 7) is 4.74. The zero-order valence-corrected chi connectivity index (χ0v) is 12.3. The smallest absolute Gasteiger partial charge is 0.329 e. The molecule has 7 heteroatoms. The highest BCUT2D eigenvalue weighted by atomic mass is 19.4. The average molecular weight is 302 g/mol. The Balaban J connectivity index is 1.96. The molecule has 1 aromatic rings. The number of anilines is 1. The maximum absolute atomic E-state index is 12.6. The Hall–Kier alpha value is -1.37. The molecule has 0 spiro atoms. The van der Waals surface area contributed by atoms with Crippen LogP contribution in [0.3, 0.4) is 0 Å². The first kappa shape index (κ1) is 16.0. The number of hydrogen-bond donors (Lipinski definition) is 1. The highest BCUT2D eigenvalue weighted by Crippen LogP contribution is 2.32. The van der Waals surface area contributed by atoms with Crippen LogP contribution in [-0.2, 0) is 6.54 Å². The fourth-order valence-corrected chi connectivity index (χ4v) is 2.04. The Labute approximate surface area is 122 Å². The predicted octanol–water partition coefficient (Wildman–Crippen LogP) is 2.75. The van der Waals surface area contributed by atoms with Crippen LogP contribution < -0.4 is 10.2 Å². The highest BCUT2D eigenvalue weighted by Gasteiger charge is 2.39. The van der Waals surface area contributed by atoms with Gasteiger partial charge in [-0.3, -0.25) is 0 Å². The zero-order valence-electron chi connectivity index (χ0n) is 12.3. The minimum absolute atomic E-state index is 0.0726. The van der Waals surface area contributed by atoms with Gasteiger partial charge < -0.3 is 10.2 Å². The largest absolute Gasteiger partial charge is 0.406 e. The van der Waals surface area contributed by atoms with Gasteiger partial charge in [0.2, 0.25) is 5.95 Å². The number of nitrogens with zero attached hydrogens (tertiary/aromatic N) is 3. The molecule has 0 aliphatic heterocycles. The van der Waals surface area contributed by atoms with Crippen LogP contribution in [-0.4, -0.2) is 35.3 Å². The molecule has 1 heterocycles. The van der Waals surface area contributed by atoms with Gasteiger partial charge in [0.1, 0.15) is 6.54 Å². The number of aromatic nitrogens is 2. The van der Waals surface area contributed by atoms with Crippen molar-refractivity contribution in [1.82, 2.24) is 15.3 Å². The van der Waals surface area contributed by atoms with E-state index in [1.165, 1.54) is 4.90 Å². The van der Waals surface area contributed by atoms with E-state index in [0.29, 0.717) is 12.5 Å². The van der Waals surface area contributed by atoms with Gasteiger partial charge in [-0.05, 0) is 25.3 Å². The number of halogens is 3. The Morgan fingerprint density at radius 3 is 2.38 bits per heavy atom. The molecule has 0 atom stereocenters. The Bertz CT molecular complexity index is 441. The van der Waals surface area contributed by atoms with E-state index >= 15 is 0 Å². The van der Waals surface area contributed by atoms with Crippen molar-refractivity contribution < 1.29 is 13.2 Å². The molecule has 1 aliphatic carbocycles. The monoisotopic (exact) mass is 302 g/mol. The topological polar surface area (TPSA) is 41.1 Å². The third kappa shape index (κ3) is 5.49. The van der Waals surface area contributed by atoms with E-state index in [4.69, 9.17) is 0 Å². The van der Waals surface area contributed by atoms with E-state index in [-0.39, 0.29) is 12.0 Å². The van der Waals surface area contributed by atoms with Crippen molar-refractivity contribution in [2.24, 2.45) is 5.92 Å². The molecule has 1 aliphatic rings. The molecule has 0 aromatic carbocycles. The lowest BCUT2D eigenvalue weighted by molar-refractivity contribution is -0.120. The summed E-state index contributed by atoms with van der Waals surface area (Å²) in [6, 6.07) is -0.0726. The average Bonchev–Trinajstić information content (AvgIpc) is 3.20. The van der Waals surface area contributed by atoms with E-state index < -0.39 is 12.7 Å². The van der Waals surface area contributed by atoms with Crippen molar-refractivity contribution in [2.45, 2.75) is 45.5 Å². The SMILES string of the molecule is CC(C)CNCc1cnc(N(CC(F)(F)F)C2CC2)nc1. The Morgan fingerprint density at radius 2 is 1.90 bits per heavy atom. The molecule has 118 valence electrons. The van der Waals surface area contributed by atoms with Crippen LogP contribution in [0.1, 0.15) is 32.3 Å². The molecule has 0 saturated heterocycles. The van der Waals surface area contributed by atoms with E-state index in [0.717, 1.165) is 24.9 Å². The molecule has 4 nitrogen and oxygen atoms in total. The van der Waals surface area contributed by atoms with Gasteiger partial charge in [-0.2, -0.15) is 13.2 Å². The second kappa shape index (κ2) is 6.60. The third-order valence-corrected chi connectivity index (χ3v) is 3.17. The fourth-order valence-electron chi connectivity index (χ4n) is 2.04. The van der Waals surface area contributed by atoms with Gasteiger partial charge in [-0.25, -0.2) is 9.97 Å². The van der Waals surface area contributed by atoms with E-state index in [9.17, 15) is 13.2 Å². The summed E-state index contributed by atoms with van der Waals surface area (Å²) in [6.07, 6.45) is 0.514. The second-order valence-corrected chi connectivity index (χ2v) is 5.89. The zero-order chi connectivity index (χ0) is 15.5. The molecule has 0 bridgehead atoms. The van der Waals surface area contributed by atoms with Crippen LogP contribution in [0, 0.1) is 5.92 Å². The molecule has 1 fully saturated rings. The van der Waals surface area contributed by atoms with Crippen molar-refractivity contribution >= 4 is 5.95 Å². The molecule has 2 rings (SSSR count). The van der Waals surface area contributed by atoms with Gasteiger partial charge in [-0.15, -0.1) is 0 Å². The molecule has 1 saturated carbocycles. The van der Waals surface area contributed by atoms with Crippen molar-refractivity contribution in [3.63, 3.8) is 0 Å².